The van der Waals surface area contributed by atoms with Crippen LogP contribution in [-0.4, -0.2) is 51.4 Å². The Morgan fingerprint density at radius 3 is 2.14 bits per heavy atom. The van der Waals surface area contributed by atoms with Gasteiger partial charge in [0.25, 0.3) is 0 Å². The van der Waals surface area contributed by atoms with Crippen molar-refractivity contribution in [1.82, 2.24) is 9.62 Å². The number of sulfonamides is 1. The van der Waals surface area contributed by atoms with Crippen LogP contribution in [0.15, 0.2) is 59.5 Å². The lowest BCUT2D eigenvalue weighted by Gasteiger charge is -2.38. The van der Waals surface area contributed by atoms with E-state index in [0.29, 0.717) is 31.2 Å². The highest BCUT2D eigenvalue weighted by Crippen LogP contribution is 2.26. The Morgan fingerprint density at radius 1 is 0.966 bits per heavy atom. The van der Waals surface area contributed by atoms with E-state index in [9.17, 15) is 13.2 Å². The summed E-state index contributed by atoms with van der Waals surface area (Å²) in [7, 11) is -3.77. The first-order chi connectivity index (χ1) is 13.8. The number of nitrogens with zero attached hydrogens (tertiary/aromatic N) is 2. The predicted molar refractivity (Wildman–Crippen MR) is 116 cm³/mol. The first kappa shape index (κ1) is 21.6. The first-order valence-corrected chi connectivity index (χ1v) is 11.5. The molecule has 0 aromatic heterocycles. The minimum Gasteiger partial charge on any atom is -0.367 e. The molecule has 2 aromatic carbocycles. The fourth-order valence-electron chi connectivity index (χ4n) is 3.38. The minimum atomic E-state index is -3.77. The van der Waals surface area contributed by atoms with Crippen LogP contribution in [0, 0.1) is 5.92 Å². The molecule has 1 N–H and O–H groups in total. The Hall–Kier alpha value is -2.09. The van der Waals surface area contributed by atoms with Crippen LogP contribution in [0.1, 0.15) is 13.8 Å². The van der Waals surface area contributed by atoms with Crippen molar-refractivity contribution < 1.29 is 13.2 Å². The molecule has 0 saturated carbocycles. The average molecular weight is 436 g/mol. The Balaban J connectivity index is 1.68. The Kier molecular flexibility index (Phi) is 6.82. The number of carbonyl (C=O) groups is 1. The molecule has 0 spiro atoms. The van der Waals surface area contributed by atoms with Gasteiger partial charge in [-0.25, -0.2) is 8.42 Å². The van der Waals surface area contributed by atoms with Crippen molar-refractivity contribution in [3.63, 3.8) is 0 Å². The smallest absolute Gasteiger partial charge is 0.241 e. The van der Waals surface area contributed by atoms with Gasteiger partial charge < -0.3 is 9.80 Å². The molecule has 2 aromatic rings. The standard InChI is InChI=1S/C21H26ClN3O3S/c1-16(2)20(23-29(27,28)17-8-4-3-5-9-17)21(26)25-14-12-24(13-15-25)19-11-7-6-10-18(19)22/h3-11,16,20,23H,12-15H2,1-2H3/t20-/m1/s1. The number of para-hydroxylation sites is 1. The molecule has 1 saturated heterocycles. The zero-order valence-corrected chi connectivity index (χ0v) is 18.2. The van der Waals surface area contributed by atoms with E-state index in [1.165, 1.54) is 12.1 Å². The molecule has 3 rings (SSSR count). The topological polar surface area (TPSA) is 69.7 Å². The summed E-state index contributed by atoms with van der Waals surface area (Å²) in [5.41, 5.74) is 0.950. The summed E-state index contributed by atoms with van der Waals surface area (Å²) in [6.07, 6.45) is 0. The fraction of sp³-hybridized carbons (Fsp3) is 0.381. The molecule has 6 nitrogen and oxygen atoms in total. The van der Waals surface area contributed by atoms with Crippen LogP contribution < -0.4 is 9.62 Å². The van der Waals surface area contributed by atoms with E-state index in [4.69, 9.17) is 11.6 Å². The Morgan fingerprint density at radius 2 is 1.55 bits per heavy atom. The second-order valence-electron chi connectivity index (χ2n) is 7.42. The number of halogens is 1. The quantitative estimate of drug-likeness (QED) is 0.757. The predicted octanol–water partition coefficient (Wildman–Crippen LogP) is 2.99. The van der Waals surface area contributed by atoms with Gasteiger partial charge in [0.2, 0.25) is 15.9 Å². The molecule has 29 heavy (non-hydrogen) atoms. The lowest BCUT2D eigenvalue weighted by Crippen LogP contribution is -2.56. The lowest BCUT2D eigenvalue weighted by atomic mass is 10.0. The van der Waals surface area contributed by atoms with Gasteiger partial charge in [-0.05, 0) is 30.2 Å². The number of rotatable bonds is 6. The third-order valence-corrected chi connectivity index (χ3v) is 6.83. The van der Waals surface area contributed by atoms with Gasteiger partial charge in [-0.3, -0.25) is 4.79 Å². The second-order valence-corrected chi connectivity index (χ2v) is 9.54. The monoisotopic (exact) mass is 435 g/mol. The highest BCUT2D eigenvalue weighted by molar-refractivity contribution is 7.89. The van der Waals surface area contributed by atoms with E-state index >= 15 is 0 Å². The molecule has 1 aliphatic heterocycles. The summed E-state index contributed by atoms with van der Waals surface area (Å²) >= 11 is 6.28. The fourth-order valence-corrected chi connectivity index (χ4v) is 4.99. The van der Waals surface area contributed by atoms with Gasteiger partial charge in [-0.1, -0.05) is 55.8 Å². The zero-order valence-electron chi connectivity index (χ0n) is 16.6. The number of hydrogen-bond donors (Lipinski definition) is 1. The SMILES string of the molecule is CC(C)[C@@H](NS(=O)(=O)c1ccccc1)C(=O)N1CCN(c2ccccc2Cl)CC1. The summed E-state index contributed by atoms with van der Waals surface area (Å²) < 4.78 is 28.0. The van der Waals surface area contributed by atoms with E-state index in [1.807, 2.05) is 38.1 Å². The second kappa shape index (κ2) is 9.15. The average Bonchev–Trinajstić information content (AvgIpc) is 2.72. The summed E-state index contributed by atoms with van der Waals surface area (Å²) in [6, 6.07) is 14.9. The van der Waals surface area contributed by atoms with Crippen molar-refractivity contribution in [2.24, 2.45) is 5.92 Å². The maximum atomic E-state index is 13.1. The van der Waals surface area contributed by atoms with E-state index in [-0.39, 0.29) is 16.7 Å². The molecule has 0 bridgehead atoms. The van der Waals surface area contributed by atoms with E-state index in [2.05, 4.69) is 9.62 Å². The van der Waals surface area contributed by atoms with Gasteiger partial charge in [0.15, 0.2) is 0 Å². The number of piperazine rings is 1. The van der Waals surface area contributed by atoms with Gasteiger partial charge in [0.05, 0.1) is 15.6 Å². The minimum absolute atomic E-state index is 0.155. The molecule has 0 aliphatic carbocycles. The van der Waals surface area contributed by atoms with Crippen LogP contribution >= 0.6 is 11.6 Å². The molecule has 1 amide bonds. The molecule has 1 atom stereocenters. The molecule has 0 unspecified atom stereocenters. The van der Waals surface area contributed by atoms with Gasteiger partial charge in [0.1, 0.15) is 6.04 Å². The van der Waals surface area contributed by atoms with Crippen LogP contribution in [0.2, 0.25) is 5.02 Å². The van der Waals surface area contributed by atoms with E-state index < -0.39 is 16.1 Å². The third kappa shape index (κ3) is 5.10. The third-order valence-electron chi connectivity index (χ3n) is 5.05. The molecule has 1 heterocycles. The molecule has 0 radical (unpaired) electrons. The molecule has 8 heteroatoms. The normalized spacial score (nSPS) is 16.1. The van der Waals surface area contributed by atoms with Crippen molar-refractivity contribution >= 4 is 33.2 Å². The van der Waals surface area contributed by atoms with Crippen LogP contribution in [0.5, 0.6) is 0 Å². The summed E-state index contributed by atoms with van der Waals surface area (Å²) in [5, 5.41) is 0.683. The molecule has 1 aliphatic rings. The first-order valence-electron chi connectivity index (χ1n) is 9.65. The van der Waals surface area contributed by atoms with Crippen LogP contribution in [0.3, 0.4) is 0 Å². The Labute approximate surface area is 177 Å². The molecule has 1 fully saturated rings. The summed E-state index contributed by atoms with van der Waals surface area (Å²) in [6.45, 7) is 6.00. The van der Waals surface area contributed by atoms with Gasteiger partial charge >= 0.3 is 0 Å². The lowest BCUT2D eigenvalue weighted by molar-refractivity contribution is -0.134. The number of benzene rings is 2. The van der Waals surface area contributed by atoms with Crippen molar-refractivity contribution in [2.45, 2.75) is 24.8 Å². The number of carbonyl (C=O) groups excluding carboxylic acids is 1. The largest absolute Gasteiger partial charge is 0.367 e. The van der Waals surface area contributed by atoms with Crippen LogP contribution in [0.25, 0.3) is 0 Å². The van der Waals surface area contributed by atoms with E-state index in [1.54, 1.807) is 23.1 Å². The Bertz CT molecular complexity index is 943. The van der Waals surface area contributed by atoms with Gasteiger partial charge in [-0.15, -0.1) is 0 Å². The molecular formula is C21H26ClN3O3S. The molecule has 156 valence electrons. The van der Waals surface area contributed by atoms with Crippen molar-refractivity contribution in [1.29, 1.82) is 0 Å². The maximum absolute atomic E-state index is 13.1. The maximum Gasteiger partial charge on any atom is 0.241 e. The summed E-state index contributed by atoms with van der Waals surface area (Å²) in [4.78, 5) is 17.1. The van der Waals surface area contributed by atoms with Gasteiger partial charge in [-0.2, -0.15) is 4.72 Å². The number of amides is 1. The highest BCUT2D eigenvalue weighted by Gasteiger charge is 2.33. The summed E-state index contributed by atoms with van der Waals surface area (Å²) in [5.74, 6) is -0.374. The van der Waals surface area contributed by atoms with E-state index in [0.717, 1.165) is 5.69 Å². The number of nitrogens with one attached hydrogen (secondary N) is 1. The number of hydrogen-bond acceptors (Lipinski definition) is 4. The highest BCUT2D eigenvalue weighted by atomic mass is 35.5. The zero-order chi connectivity index (χ0) is 21.0. The molecular weight excluding hydrogens is 410 g/mol. The van der Waals surface area contributed by atoms with Crippen LogP contribution in [-0.2, 0) is 14.8 Å². The van der Waals surface area contributed by atoms with Crippen LogP contribution in [0.4, 0.5) is 5.69 Å². The van der Waals surface area contributed by atoms with Crippen molar-refractivity contribution in [3.05, 3.63) is 59.6 Å². The van der Waals surface area contributed by atoms with Crippen molar-refractivity contribution in [2.75, 3.05) is 31.1 Å². The van der Waals surface area contributed by atoms with Gasteiger partial charge in [0, 0.05) is 26.2 Å². The van der Waals surface area contributed by atoms with Crippen molar-refractivity contribution in [3.8, 4) is 0 Å². The number of anilines is 1.